The lowest BCUT2D eigenvalue weighted by Gasteiger charge is -2.42. The number of fused-ring (bicyclic) bond motifs is 2. The molecule has 1 aliphatic heterocycles. The summed E-state index contributed by atoms with van der Waals surface area (Å²) < 4.78 is 51.5. The first-order chi connectivity index (χ1) is 19.6. The van der Waals surface area contributed by atoms with Crippen molar-refractivity contribution in [3.8, 4) is 0 Å². The first-order valence-corrected chi connectivity index (χ1v) is 17.6. The number of rotatable bonds is 4. The van der Waals surface area contributed by atoms with Crippen LogP contribution in [0.1, 0.15) is 74.5 Å². The van der Waals surface area contributed by atoms with Crippen LogP contribution in [0.15, 0.2) is 47.2 Å². The van der Waals surface area contributed by atoms with Crippen LogP contribution in [0.25, 0.3) is 5.57 Å². The predicted octanol–water partition coefficient (Wildman–Crippen LogP) is 7.52. The lowest BCUT2D eigenvalue weighted by atomic mass is 9.63. The van der Waals surface area contributed by atoms with Crippen molar-refractivity contribution < 1.29 is 27.6 Å². The molecule has 230 valence electrons. The molecule has 0 atom stereocenters. The number of carboxylic acids is 1. The van der Waals surface area contributed by atoms with Gasteiger partial charge in [-0.2, -0.15) is 0 Å². The van der Waals surface area contributed by atoms with E-state index in [-0.39, 0.29) is 5.57 Å². The molecule has 2 aromatic carbocycles. The van der Waals surface area contributed by atoms with Crippen LogP contribution in [-0.4, -0.2) is 57.6 Å². The van der Waals surface area contributed by atoms with E-state index < -0.39 is 64.9 Å². The standard InChI is InChI=1S/C35H43F3N2O2Si/c1-34(2,3)32(35(4,5)6)28-29(36)26(27(33(41)42)30(37)31(28)38)25-21-15-13-19(39(7)8)17-23(21)43(11,12)24-18-20(40(9)10)14-16-22(24)25/h13-18,32H,1-12H3/p+1. The zero-order valence-corrected chi connectivity index (χ0v) is 28.4. The molecule has 1 N–H and O–H groups in total. The molecule has 43 heavy (non-hydrogen) atoms. The number of carboxylic acid groups (broad SMARTS) is 1. The molecule has 0 bridgehead atoms. The third-order valence-electron chi connectivity index (χ3n) is 8.76. The number of hydrogen-bond acceptors (Lipinski definition) is 2. The average Bonchev–Trinajstić information content (AvgIpc) is 2.87. The van der Waals surface area contributed by atoms with Gasteiger partial charge in [-0.15, -0.1) is 0 Å². The Hall–Kier alpha value is -3.39. The summed E-state index contributed by atoms with van der Waals surface area (Å²) in [7, 11) is 5.29. The predicted molar refractivity (Wildman–Crippen MR) is 173 cm³/mol. The molecule has 0 unspecified atom stereocenters. The van der Waals surface area contributed by atoms with Crippen molar-refractivity contribution in [1.29, 1.82) is 0 Å². The Kier molecular flexibility index (Phi) is 8.05. The van der Waals surface area contributed by atoms with Gasteiger partial charge in [0.2, 0.25) is 0 Å². The van der Waals surface area contributed by atoms with Crippen molar-refractivity contribution in [3.05, 3.63) is 86.9 Å². The molecule has 4 rings (SSSR count). The van der Waals surface area contributed by atoms with Gasteiger partial charge in [0.1, 0.15) is 33.5 Å². The van der Waals surface area contributed by atoms with Gasteiger partial charge >= 0.3 is 5.97 Å². The number of anilines is 1. The minimum absolute atomic E-state index is 0.282. The third kappa shape index (κ3) is 5.32. The van der Waals surface area contributed by atoms with Crippen LogP contribution in [0.4, 0.5) is 18.9 Å². The Morgan fingerprint density at radius 1 is 0.930 bits per heavy atom. The van der Waals surface area contributed by atoms with Crippen LogP contribution < -0.4 is 10.1 Å². The van der Waals surface area contributed by atoms with Crippen LogP contribution in [0, 0.1) is 28.3 Å². The number of allylic oxidation sites excluding steroid dienone is 5. The van der Waals surface area contributed by atoms with Crippen LogP contribution in [0.3, 0.4) is 0 Å². The van der Waals surface area contributed by atoms with Crippen LogP contribution >= 0.6 is 0 Å². The monoisotopic (exact) mass is 609 g/mol. The molecule has 0 aromatic heterocycles. The van der Waals surface area contributed by atoms with E-state index in [1.54, 1.807) is 0 Å². The van der Waals surface area contributed by atoms with Crippen molar-refractivity contribution in [1.82, 2.24) is 0 Å². The van der Waals surface area contributed by atoms with E-state index in [2.05, 4.69) is 25.2 Å². The van der Waals surface area contributed by atoms with Gasteiger partial charge in [0, 0.05) is 43.1 Å². The first-order valence-electron chi connectivity index (χ1n) is 14.6. The summed E-state index contributed by atoms with van der Waals surface area (Å²) in [6, 6.07) is 5.84. The second kappa shape index (κ2) is 10.6. The quantitative estimate of drug-likeness (QED) is 0.222. The number of halogens is 3. The highest BCUT2D eigenvalue weighted by atomic mass is 28.3. The Morgan fingerprint density at radius 3 is 2.00 bits per heavy atom. The molecule has 8 heteroatoms. The Labute approximate surface area is 255 Å². The summed E-state index contributed by atoms with van der Waals surface area (Å²) >= 11 is 0. The van der Waals surface area contributed by atoms with Crippen molar-refractivity contribution in [2.24, 2.45) is 10.8 Å². The lowest BCUT2D eigenvalue weighted by Crippen LogP contribution is -2.50. The highest BCUT2D eigenvalue weighted by Crippen LogP contribution is 2.52. The molecule has 4 nitrogen and oxygen atoms in total. The summed E-state index contributed by atoms with van der Waals surface area (Å²) in [5.41, 5.74) is 0.322. The minimum Gasteiger partial charge on any atom is -0.478 e. The molecule has 0 amide bonds. The summed E-state index contributed by atoms with van der Waals surface area (Å²) in [4.78, 5) is 14.7. The van der Waals surface area contributed by atoms with Gasteiger partial charge in [-0.25, -0.2) is 22.5 Å². The van der Waals surface area contributed by atoms with Gasteiger partial charge in [0.25, 0.3) is 0 Å². The second-order valence-corrected chi connectivity index (χ2v) is 19.2. The topological polar surface area (TPSA) is 43.5 Å². The highest BCUT2D eigenvalue weighted by Gasteiger charge is 2.46. The molecular formula is C35H44F3N2O2Si+. The van der Waals surface area contributed by atoms with E-state index in [1.807, 2.05) is 103 Å². The highest BCUT2D eigenvalue weighted by molar-refractivity contribution is 6.98. The average molecular weight is 610 g/mol. The second-order valence-electron chi connectivity index (χ2n) is 14.8. The fourth-order valence-electron chi connectivity index (χ4n) is 7.18. The zero-order chi connectivity index (χ0) is 32.6. The summed E-state index contributed by atoms with van der Waals surface area (Å²) in [5.74, 6) is -6.48. The van der Waals surface area contributed by atoms with Gasteiger partial charge < -0.3 is 10.0 Å². The lowest BCUT2D eigenvalue weighted by molar-refractivity contribution is -0.462. The summed E-state index contributed by atoms with van der Waals surface area (Å²) in [6.45, 7) is 15.6. The zero-order valence-electron chi connectivity index (χ0n) is 27.4. The van der Waals surface area contributed by atoms with Crippen LogP contribution in [-0.2, 0) is 0 Å². The molecule has 2 aliphatic rings. The van der Waals surface area contributed by atoms with Crippen LogP contribution in [0.5, 0.6) is 0 Å². The van der Waals surface area contributed by atoms with Crippen molar-refractivity contribution >= 4 is 36.2 Å². The molecular weight excluding hydrogens is 565 g/mol. The third-order valence-corrected chi connectivity index (χ3v) is 12.3. The Balaban J connectivity index is 2.30. The fraction of sp³-hybridized carbons (Fsp3) is 0.429. The number of nitrogens with zero attached hydrogens (tertiary/aromatic N) is 2. The smallest absolute Gasteiger partial charge is 0.339 e. The van der Waals surface area contributed by atoms with Gasteiger partial charge in [-0.3, -0.25) is 0 Å². The Morgan fingerprint density at radius 2 is 1.51 bits per heavy atom. The van der Waals surface area contributed by atoms with Crippen molar-refractivity contribution in [2.45, 2.75) is 60.6 Å². The summed E-state index contributed by atoms with van der Waals surface area (Å²) in [6.07, 6.45) is 5.84. The molecule has 1 aliphatic carbocycles. The van der Waals surface area contributed by atoms with Crippen molar-refractivity contribution in [3.63, 3.8) is 0 Å². The number of aromatic carboxylic acids is 1. The molecule has 0 saturated heterocycles. The maximum absolute atomic E-state index is 17.3. The molecule has 1 heterocycles. The maximum atomic E-state index is 17.3. The van der Waals surface area contributed by atoms with E-state index in [1.165, 1.54) is 0 Å². The van der Waals surface area contributed by atoms with Gasteiger partial charge in [0.15, 0.2) is 17.3 Å². The van der Waals surface area contributed by atoms with Gasteiger partial charge in [-0.1, -0.05) is 60.7 Å². The minimum atomic E-state index is -2.45. The van der Waals surface area contributed by atoms with Crippen LogP contribution in [0.2, 0.25) is 13.1 Å². The van der Waals surface area contributed by atoms with E-state index in [0.717, 1.165) is 21.8 Å². The fourth-order valence-corrected chi connectivity index (χ4v) is 10.3. The molecule has 0 saturated carbocycles. The number of benzene rings is 2. The largest absolute Gasteiger partial charge is 0.478 e. The molecule has 0 radical (unpaired) electrons. The number of hydrogen-bond donors (Lipinski definition) is 1. The number of carbonyl (C=O) groups is 1. The molecule has 2 aromatic rings. The first kappa shape index (κ1) is 32.5. The summed E-state index contributed by atoms with van der Waals surface area (Å²) in [5, 5.41) is 12.3. The Bertz CT molecular complexity index is 1650. The normalized spacial score (nSPS) is 16.3. The SMILES string of the molecule is CN(C)c1ccc2c(c1)[Si](C)(C)C1=CC(=[N+](C)C)C=CC1=C2c1c(F)c(C(C(C)(C)C)C(C)(C)C)c(F)c(F)c1C(=O)O. The van der Waals surface area contributed by atoms with Gasteiger partial charge in [-0.05, 0) is 62.0 Å². The molecule has 0 fully saturated rings. The molecule has 0 spiro atoms. The van der Waals surface area contributed by atoms with E-state index in [4.69, 9.17) is 0 Å². The van der Waals surface area contributed by atoms with Gasteiger partial charge in [0.05, 0.1) is 0 Å². The van der Waals surface area contributed by atoms with Crippen molar-refractivity contribution in [2.75, 3.05) is 33.1 Å². The van der Waals surface area contributed by atoms with E-state index >= 15 is 13.2 Å². The van der Waals surface area contributed by atoms with E-state index in [0.29, 0.717) is 11.1 Å². The van der Waals surface area contributed by atoms with E-state index in [9.17, 15) is 9.90 Å². The maximum Gasteiger partial charge on any atom is 0.339 e.